The molecule has 0 bridgehead atoms. The van der Waals surface area contributed by atoms with E-state index in [1.807, 2.05) is 0 Å². The van der Waals surface area contributed by atoms with Crippen molar-refractivity contribution in [1.29, 1.82) is 0 Å². The molecule has 1 saturated heterocycles. The highest BCUT2D eigenvalue weighted by Crippen LogP contribution is 2.21. The minimum absolute atomic E-state index is 0.0927. The van der Waals surface area contributed by atoms with Gasteiger partial charge in [0.15, 0.2) is 0 Å². The third-order valence-corrected chi connectivity index (χ3v) is 3.25. The van der Waals surface area contributed by atoms with E-state index in [4.69, 9.17) is 11.8 Å². The van der Waals surface area contributed by atoms with Gasteiger partial charge in [-0.2, -0.15) is 0 Å². The number of carbonyl (C=O) groups excluding carboxylic acids is 2. The van der Waals surface area contributed by atoms with Crippen LogP contribution in [0.1, 0.15) is 12.8 Å². The lowest BCUT2D eigenvalue weighted by molar-refractivity contribution is -0.145. The van der Waals surface area contributed by atoms with Crippen LogP contribution in [0, 0.1) is 0 Å². The Kier molecular flexibility index (Phi) is 2.68. The molecule has 1 aliphatic rings. The summed E-state index contributed by atoms with van der Waals surface area (Å²) in [5.41, 5.74) is -0.132. The number of rotatable bonds is 1. The maximum Gasteiger partial charge on any atom is 0.241 e. The summed E-state index contributed by atoms with van der Waals surface area (Å²) in [5, 5.41) is 0. The fourth-order valence-electron chi connectivity index (χ4n) is 0.996. The Bertz CT molecular complexity index is 215. The number of imide groups is 1. The smallest absolute Gasteiger partial charge is 0.241 e. The Hall–Kier alpha value is -0.340. The van der Waals surface area contributed by atoms with Crippen molar-refractivity contribution in [1.82, 2.24) is 4.90 Å². The standard InChI is InChI=1S/C6H8NO2PS/c1-7-5(8)3-2-4(10-11)6(7)9/h4H,2-3H2,1H3. The van der Waals surface area contributed by atoms with Crippen LogP contribution in [0.3, 0.4) is 0 Å². The van der Waals surface area contributed by atoms with Gasteiger partial charge in [-0.3, -0.25) is 14.5 Å². The molecule has 1 unspecified atom stereocenters. The molecule has 0 saturated carbocycles. The molecule has 0 aromatic carbocycles. The van der Waals surface area contributed by atoms with Crippen molar-refractivity contribution < 1.29 is 9.59 Å². The summed E-state index contributed by atoms with van der Waals surface area (Å²) in [6, 6.07) is 0. The molecule has 3 nitrogen and oxygen atoms in total. The summed E-state index contributed by atoms with van der Waals surface area (Å²) in [7, 11) is 2.16. The van der Waals surface area contributed by atoms with Crippen molar-refractivity contribution in [3.05, 3.63) is 0 Å². The number of piperidine rings is 1. The third kappa shape index (κ3) is 1.63. The van der Waals surface area contributed by atoms with E-state index in [0.717, 1.165) is 0 Å². The highest BCUT2D eigenvalue weighted by atomic mass is 32.4. The van der Waals surface area contributed by atoms with Gasteiger partial charge in [-0.15, -0.1) is 0 Å². The lowest BCUT2D eigenvalue weighted by Gasteiger charge is -2.24. The molecule has 0 aromatic heterocycles. The highest BCUT2D eigenvalue weighted by Gasteiger charge is 2.30. The van der Waals surface area contributed by atoms with Gasteiger partial charge in [0, 0.05) is 13.5 Å². The number of likely N-dealkylation sites (tertiary alicyclic amines) is 1. The van der Waals surface area contributed by atoms with Crippen molar-refractivity contribution in [2.24, 2.45) is 0 Å². The van der Waals surface area contributed by atoms with Crippen molar-refractivity contribution in [3.63, 3.8) is 0 Å². The lowest BCUT2D eigenvalue weighted by atomic mass is 10.1. The molecule has 1 atom stereocenters. The van der Waals surface area contributed by atoms with Crippen LogP contribution in [0.4, 0.5) is 0 Å². The first-order valence-electron chi connectivity index (χ1n) is 3.29. The number of hydrogen-bond acceptors (Lipinski definition) is 3. The molecular weight excluding hydrogens is 181 g/mol. The summed E-state index contributed by atoms with van der Waals surface area (Å²) >= 11 is 4.75. The topological polar surface area (TPSA) is 37.4 Å². The van der Waals surface area contributed by atoms with Gasteiger partial charge in [-0.05, 0) is 13.8 Å². The second kappa shape index (κ2) is 3.37. The average Bonchev–Trinajstić information content (AvgIpc) is 2.01. The lowest BCUT2D eigenvalue weighted by Crippen LogP contribution is -2.42. The van der Waals surface area contributed by atoms with E-state index in [1.165, 1.54) is 11.9 Å². The van der Waals surface area contributed by atoms with E-state index in [2.05, 4.69) is 0 Å². The molecular formula is C6H8NO2PS. The van der Waals surface area contributed by atoms with Gasteiger partial charge in [0.1, 0.15) is 0 Å². The fraction of sp³-hybridized carbons (Fsp3) is 0.667. The monoisotopic (exact) mass is 189 g/mol. The van der Waals surface area contributed by atoms with Crippen molar-refractivity contribution in [3.8, 4) is 0 Å². The molecule has 0 radical (unpaired) electrons. The van der Waals surface area contributed by atoms with E-state index >= 15 is 0 Å². The second-order valence-electron chi connectivity index (χ2n) is 2.45. The van der Waals surface area contributed by atoms with Gasteiger partial charge in [0.25, 0.3) is 0 Å². The number of carbonyl (C=O) groups is 2. The molecule has 5 heteroatoms. The van der Waals surface area contributed by atoms with Gasteiger partial charge < -0.3 is 0 Å². The minimum Gasteiger partial charge on any atom is -0.285 e. The number of amides is 2. The molecule has 1 fully saturated rings. The van der Waals surface area contributed by atoms with Gasteiger partial charge in [-0.1, -0.05) is 11.8 Å². The molecule has 60 valence electrons. The van der Waals surface area contributed by atoms with E-state index in [9.17, 15) is 9.59 Å². The van der Waals surface area contributed by atoms with Crippen molar-refractivity contribution in [2.75, 3.05) is 7.05 Å². The van der Waals surface area contributed by atoms with Crippen molar-refractivity contribution >= 4 is 31.0 Å². The first-order valence-corrected chi connectivity index (χ1v) is 5.27. The summed E-state index contributed by atoms with van der Waals surface area (Å²) in [6.07, 6.45) is 1.07. The summed E-state index contributed by atoms with van der Waals surface area (Å²) in [6.45, 7) is 0. The Labute approximate surface area is 71.6 Å². The van der Waals surface area contributed by atoms with Crippen LogP contribution in [0.15, 0.2) is 0 Å². The second-order valence-corrected chi connectivity index (χ2v) is 3.92. The molecule has 1 heterocycles. The molecule has 11 heavy (non-hydrogen) atoms. The molecule has 1 rings (SSSR count). The maximum absolute atomic E-state index is 11.2. The normalized spacial score (nSPS) is 26.3. The van der Waals surface area contributed by atoms with Gasteiger partial charge >= 0.3 is 0 Å². The van der Waals surface area contributed by atoms with Crippen LogP contribution >= 0.6 is 7.36 Å². The third-order valence-electron chi connectivity index (χ3n) is 1.75. The quantitative estimate of drug-likeness (QED) is 0.446. The Morgan fingerprint density at radius 1 is 1.64 bits per heavy atom. The predicted molar refractivity (Wildman–Crippen MR) is 45.1 cm³/mol. The summed E-state index contributed by atoms with van der Waals surface area (Å²) < 4.78 is 0. The largest absolute Gasteiger partial charge is 0.285 e. The summed E-state index contributed by atoms with van der Waals surface area (Å²) in [4.78, 5) is 23.3. The van der Waals surface area contributed by atoms with Gasteiger partial charge in [0.05, 0.1) is 5.66 Å². The molecule has 0 aliphatic carbocycles. The molecule has 0 N–H and O–H groups in total. The van der Waals surface area contributed by atoms with E-state index in [-0.39, 0.29) is 17.5 Å². The molecule has 0 spiro atoms. The van der Waals surface area contributed by atoms with Gasteiger partial charge in [0.2, 0.25) is 11.8 Å². The Balaban J connectivity index is 2.74. The molecule has 1 aliphatic heterocycles. The maximum atomic E-state index is 11.2. The van der Waals surface area contributed by atoms with Crippen LogP contribution in [-0.2, 0) is 21.4 Å². The molecule has 0 aromatic rings. The molecule has 2 amide bonds. The van der Waals surface area contributed by atoms with Crippen molar-refractivity contribution in [2.45, 2.75) is 18.5 Å². The predicted octanol–water partition coefficient (Wildman–Crippen LogP) is 0.542. The van der Waals surface area contributed by atoms with Crippen LogP contribution < -0.4 is 0 Å². The van der Waals surface area contributed by atoms with Crippen LogP contribution in [0.5, 0.6) is 0 Å². The SMILES string of the molecule is CN1C(=O)CCC(P=S)C1=O. The summed E-state index contributed by atoms with van der Waals surface area (Å²) in [5.74, 6) is -0.220. The van der Waals surface area contributed by atoms with Crippen LogP contribution in [0.25, 0.3) is 0 Å². The first-order chi connectivity index (χ1) is 5.16. The van der Waals surface area contributed by atoms with Crippen LogP contribution in [-0.4, -0.2) is 29.4 Å². The number of nitrogens with zero attached hydrogens (tertiary/aromatic N) is 1. The fourth-order valence-corrected chi connectivity index (χ4v) is 2.08. The highest BCUT2D eigenvalue weighted by molar-refractivity contribution is 7.97. The van der Waals surface area contributed by atoms with E-state index in [1.54, 1.807) is 0 Å². The zero-order valence-corrected chi connectivity index (χ0v) is 7.82. The van der Waals surface area contributed by atoms with Crippen LogP contribution in [0.2, 0.25) is 0 Å². The zero-order valence-electron chi connectivity index (χ0n) is 6.11. The van der Waals surface area contributed by atoms with Gasteiger partial charge in [-0.25, -0.2) is 0 Å². The van der Waals surface area contributed by atoms with E-state index in [0.29, 0.717) is 20.2 Å². The average molecular weight is 189 g/mol. The minimum atomic E-state index is -0.132. The Morgan fingerprint density at radius 3 is 2.82 bits per heavy atom. The first kappa shape index (κ1) is 8.75. The zero-order chi connectivity index (χ0) is 8.43. The number of hydrogen-bond donors (Lipinski definition) is 0. The van der Waals surface area contributed by atoms with E-state index < -0.39 is 0 Å². The Morgan fingerprint density at radius 2 is 2.27 bits per heavy atom.